The van der Waals surface area contributed by atoms with Crippen molar-refractivity contribution in [2.24, 2.45) is 0 Å². The van der Waals surface area contributed by atoms with E-state index in [9.17, 15) is 18.0 Å². The highest BCUT2D eigenvalue weighted by Gasteiger charge is 2.31. The molecule has 1 saturated carbocycles. The van der Waals surface area contributed by atoms with E-state index in [-0.39, 0.29) is 18.5 Å². The van der Waals surface area contributed by atoms with Crippen LogP contribution in [0.1, 0.15) is 43.7 Å². The van der Waals surface area contributed by atoms with E-state index in [0.29, 0.717) is 18.0 Å². The molecule has 3 aromatic carbocycles. The Morgan fingerprint density at radius 3 is 2.20 bits per heavy atom. The third-order valence-corrected chi connectivity index (χ3v) is 8.86. The first-order valence-corrected chi connectivity index (χ1v) is 16.3. The molecule has 8 nitrogen and oxygen atoms in total. The Morgan fingerprint density at radius 2 is 1.59 bits per heavy atom. The van der Waals surface area contributed by atoms with Gasteiger partial charge < -0.3 is 15.0 Å². The number of hydrogen-bond acceptors (Lipinski definition) is 5. The quantitative estimate of drug-likeness (QED) is 0.291. The molecule has 0 saturated heterocycles. The zero-order chi connectivity index (χ0) is 29.4. The van der Waals surface area contributed by atoms with E-state index in [1.54, 1.807) is 31.2 Å². The van der Waals surface area contributed by atoms with E-state index in [0.717, 1.165) is 51.8 Å². The van der Waals surface area contributed by atoms with Gasteiger partial charge in [-0.1, -0.05) is 71.2 Å². The van der Waals surface area contributed by atoms with E-state index in [1.807, 2.05) is 54.6 Å². The van der Waals surface area contributed by atoms with Gasteiger partial charge in [0, 0.05) is 17.1 Å². The number of rotatable bonds is 12. The van der Waals surface area contributed by atoms with Crippen LogP contribution in [0.5, 0.6) is 5.75 Å². The van der Waals surface area contributed by atoms with Gasteiger partial charge in [-0.05, 0) is 67.3 Å². The first-order valence-electron chi connectivity index (χ1n) is 13.7. The number of nitrogens with one attached hydrogen (secondary N) is 1. The molecule has 0 radical (unpaired) electrons. The molecule has 1 atom stereocenters. The Labute approximate surface area is 250 Å². The molecule has 1 N–H and O–H groups in total. The maximum Gasteiger partial charge on any atom is 0.244 e. The van der Waals surface area contributed by atoms with E-state index < -0.39 is 28.5 Å². The molecule has 1 fully saturated rings. The van der Waals surface area contributed by atoms with Crippen LogP contribution in [0.4, 0.5) is 5.69 Å². The first-order chi connectivity index (χ1) is 19.6. The van der Waals surface area contributed by atoms with Crippen molar-refractivity contribution in [2.45, 2.75) is 57.8 Å². The van der Waals surface area contributed by atoms with Crippen molar-refractivity contribution >= 4 is 43.5 Å². The summed E-state index contributed by atoms with van der Waals surface area (Å²) in [6, 6.07) is 23.1. The van der Waals surface area contributed by atoms with Gasteiger partial charge in [-0.3, -0.25) is 13.9 Å². The fourth-order valence-corrected chi connectivity index (χ4v) is 5.94. The molecule has 2 amide bonds. The molecule has 1 aliphatic rings. The second-order valence-electron chi connectivity index (χ2n) is 10.4. The predicted molar refractivity (Wildman–Crippen MR) is 164 cm³/mol. The van der Waals surface area contributed by atoms with Crippen molar-refractivity contribution in [3.05, 3.63) is 94.5 Å². The Morgan fingerprint density at radius 1 is 0.951 bits per heavy atom. The van der Waals surface area contributed by atoms with Gasteiger partial charge >= 0.3 is 0 Å². The SMILES string of the molecule is C[C@@H](C(=O)NC1CCCC1)N(Cc1ccc(Br)cc1)C(=O)CN(c1ccc(OCc2ccccc2)cc1)S(C)(=O)=O. The number of ether oxygens (including phenoxy) is 1. The Bertz CT molecular complexity index is 1410. The fraction of sp³-hybridized carbons (Fsp3) is 0.355. The zero-order valence-corrected chi connectivity index (χ0v) is 25.7. The third kappa shape index (κ3) is 8.81. The van der Waals surface area contributed by atoms with E-state index in [2.05, 4.69) is 21.2 Å². The van der Waals surface area contributed by atoms with Crippen LogP contribution in [0.2, 0.25) is 0 Å². The number of anilines is 1. The summed E-state index contributed by atoms with van der Waals surface area (Å²) in [4.78, 5) is 28.4. The molecule has 0 unspecified atom stereocenters. The van der Waals surface area contributed by atoms with Gasteiger partial charge in [0.25, 0.3) is 0 Å². The lowest BCUT2D eigenvalue weighted by molar-refractivity contribution is -0.139. The average Bonchev–Trinajstić information content (AvgIpc) is 3.47. The molecule has 0 aromatic heterocycles. The molecule has 3 aromatic rings. The number of hydrogen-bond donors (Lipinski definition) is 1. The van der Waals surface area contributed by atoms with Gasteiger partial charge in [-0.25, -0.2) is 8.42 Å². The number of sulfonamides is 1. The van der Waals surface area contributed by atoms with Crippen LogP contribution in [0, 0.1) is 0 Å². The number of carbonyl (C=O) groups excluding carboxylic acids is 2. The minimum Gasteiger partial charge on any atom is -0.489 e. The highest BCUT2D eigenvalue weighted by Crippen LogP contribution is 2.24. The molecule has 10 heteroatoms. The van der Waals surface area contributed by atoms with Crippen molar-refractivity contribution in [1.29, 1.82) is 0 Å². The van der Waals surface area contributed by atoms with Crippen LogP contribution in [-0.4, -0.2) is 50.0 Å². The molecule has 218 valence electrons. The smallest absolute Gasteiger partial charge is 0.244 e. The number of amides is 2. The lowest BCUT2D eigenvalue weighted by atomic mass is 10.1. The van der Waals surface area contributed by atoms with E-state index in [1.165, 1.54) is 4.90 Å². The molecule has 0 aliphatic heterocycles. The van der Waals surface area contributed by atoms with Gasteiger partial charge in [0.15, 0.2) is 0 Å². The van der Waals surface area contributed by atoms with Crippen LogP contribution in [0.25, 0.3) is 0 Å². The highest BCUT2D eigenvalue weighted by molar-refractivity contribution is 9.10. The summed E-state index contributed by atoms with van der Waals surface area (Å²) in [6.45, 7) is 1.78. The van der Waals surface area contributed by atoms with E-state index in [4.69, 9.17) is 4.74 Å². The average molecular weight is 643 g/mol. The van der Waals surface area contributed by atoms with Crippen LogP contribution in [0.3, 0.4) is 0 Å². The molecule has 1 aliphatic carbocycles. The summed E-state index contributed by atoms with van der Waals surface area (Å²) in [5.41, 5.74) is 2.17. The lowest BCUT2D eigenvalue weighted by Gasteiger charge is -2.32. The van der Waals surface area contributed by atoms with Gasteiger partial charge in [0.05, 0.1) is 11.9 Å². The van der Waals surface area contributed by atoms with Crippen molar-refractivity contribution < 1.29 is 22.7 Å². The van der Waals surface area contributed by atoms with Crippen LogP contribution < -0.4 is 14.4 Å². The van der Waals surface area contributed by atoms with Gasteiger partial charge in [0.1, 0.15) is 24.9 Å². The summed E-state index contributed by atoms with van der Waals surface area (Å²) in [6.07, 6.45) is 5.05. The monoisotopic (exact) mass is 641 g/mol. The second kappa shape index (κ2) is 14.0. The lowest BCUT2D eigenvalue weighted by Crippen LogP contribution is -2.52. The molecule has 0 spiro atoms. The molecular weight excluding hydrogens is 606 g/mol. The summed E-state index contributed by atoms with van der Waals surface area (Å²) < 4.78 is 33.5. The Hall–Kier alpha value is -3.37. The summed E-state index contributed by atoms with van der Waals surface area (Å²) in [5.74, 6) is -0.142. The number of halogens is 1. The molecule has 4 rings (SSSR count). The second-order valence-corrected chi connectivity index (χ2v) is 13.2. The largest absolute Gasteiger partial charge is 0.489 e. The van der Waals surface area contributed by atoms with Gasteiger partial charge in [-0.2, -0.15) is 0 Å². The van der Waals surface area contributed by atoms with Crippen LogP contribution in [0.15, 0.2) is 83.3 Å². The Kier molecular flexibility index (Phi) is 10.4. The maximum absolute atomic E-state index is 13.8. The fourth-order valence-electron chi connectivity index (χ4n) is 4.82. The first kappa shape index (κ1) is 30.6. The molecular formula is C31H36BrN3O5S. The van der Waals surface area contributed by atoms with Crippen molar-refractivity contribution in [1.82, 2.24) is 10.2 Å². The minimum atomic E-state index is -3.82. The number of carbonyl (C=O) groups is 2. The summed E-state index contributed by atoms with van der Waals surface area (Å²) in [5, 5.41) is 3.07. The van der Waals surface area contributed by atoms with Gasteiger partial charge in [-0.15, -0.1) is 0 Å². The number of nitrogens with zero attached hydrogens (tertiary/aromatic N) is 2. The van der Waals surface area contributed by atoms with Crippen LogP contribution >= 0.6 is 15.9 Å². The van der Waals surface area contributed by atoms with Crippen molar-refractivity contribution in [3.8, 4) is 5.75 Å². The topological polar surface area (TPSA) is 96.0 Å². The van der Waals surface area contributed by atoms with Crippen molar-refractivity contribution in [3.63, 3.8) is 0 Å². The van der Waals surface area contributed by atoms with Gasteiger partial charge in [0.2, 0.25) is 21.8 Å². The van der Waals surface area contributed by atoms with E-state index >= 15 is 0 Å². The molecule has 0 bridgehead atoms. The van der Waals surface area contributed by atoms with Crippen molar-refractivity contribution in [2.75, 3.05) is 17.1 Å². The standard InChI is InChI=1S/C31H36BrN3O5S/c1-23(31(37)33-27-10-6-7-11-27)34(20-24-12-14-26(32)15-13-24)30(36)21-35(41(2,38)39)28-16-18-29(19-17-28)40-22-25-8-4-3-5-9-25/h3-5,8-9,12-19,23,27H,6-7,10-11,20-22H2,1-2H3,(H,33,37)/t23-/m0/s1. The predicted octanol–water partition coefficient (Wildman–Crippen LogP) is 5.27. The normalized spacial score (nSPS) is 14.3. The minimum absolute atomic E-state index is 0.102. The highest BCUT2D eigenvalue weighted by atomic mass is 79.9. The number of benzene rings is 3. The molecule has 0 heterocycles. The Balaban J connectivity index is 1.51. The zero-order valence-electron chi connectivity index (χ0n) is 23.3. The third-order valence-electron chi connectivity index (χ3n) is 7.19. The van der Waals surface area contributed by atoms with Crippen LogP contribution in [-0.2, 0) is 32.8 Å². The molecule has 41 heavy (non-hydrogen) atoms. The summed E-state index contributed by atoms with van der Waals surface area (Å²) >= 11 is 3.42. The maximum atomic E-state index is 13.8. The summed E-state index contributed by atoms with van der Waals surface area (Å²) in [7, 11) is -3.82.